The Morgan fingerprint density at radius 2 is 2.14 bits per heavy atom. The van der Waals surface area contributed by atoms with Gasteiger partial charge in [0.2, 0.25) is 0 Å². The van der Waals surface area contributed by atoms with Crippen LogP contribution in [0.2, 0.25) is 0 Å². The maximum atomic E-state index is 4.28. The van der Waals surface area contributed by atoms with E-state index in [0.717, 1.165) is 23.4 Å². The molecule has 0 fully saturated rings. The van der Waals surface area contributed by atoms with E-state index in [1.54, 1.807) is 6.33 Å². The minimum absolute atomic E-state index is 0.938. The van der Waals surface area contributed by atoms with Crippen LogP contribution >= 0.6 is 0 Å². The molecule has 0 unspecified atom stereocenters. The highest BCUT2D eigenvalue weighted by Crippen LogP contribution is 2.21. The Hall–Kier alpha value is -1.58. The molecule has 0 amide bonds. The van der Waals surface area contributed by atoms with Crippen LogP contribution in [-0.2, 0) is 6.54 Å². The van der Waals surface area contributed by atoms with E-state index in [0.29, 0.717) is 0 Å². The van der Waals surface area contributed by atoms with Crippen molar-refractivity contribution in [3.8, 4) is 0 Å². The van der Waals surface area contributed by atoms with E-state index in [2.05, 4.69) is 27.5 Å². The second-order valence-corrected chi connectivity index (χ2v) is 3.43. The monoisotopic (exact) mass is 190 g/mol. The van der Waals surface area contributed by atoms with Crippen LogP contribution in [0.15, 0.2) is 18.6 Å². The molecule has 0 aromatic carbocycles. The molecule has 0 atom stereocenters. The van der Waals surface area contributed by atoms with E-state index in [1.807, 2.05) is 25.2 Å². The first-order chi connectivity index (χ1) is 6.74. The van der Waals surface area contributed by atoms with Gasteiger partial charge in [-0.05, 0) is 13.0 Å². The minimum Gasteiger partial charge on any atom is -0.362 e. The Balaban J connectivity index is 2.70. The number of nitrogens with zero attached hydrogens (tertiary/aromatic N) is 4. The number of hydrogen-bond acceptors (Lipinski definition) is 3. The maximum Gasteiger partial charge on any atom is 0.145 e. The third-order valence-corrected chi connectivity index (χ3v) is 2.30. The summed E-state index contributed by atoms with van der Waals surface area (Å²) in [6.07, 6.45) is 3.66. The fourth-order valence-electron chi connectivity index (χ4n) is 1.60. The van der Waals surface area contributed by atoms with E-state index in [1.165, 1.54) is 0 Å². The first-order valence-corrected chi connectivity index (χ1v) is 4.71. The van der Waals surface area contributed by atoms with Crippen LogP contribution in [-0.4, -0.2) is 28.6 Å². The summed E-state index contributed by atoms with van der Waals surface area (Å²) < 4.78 is 2.12. The molecule has 4 heteroatoms. The Kier molecular flexibility index (Phi) is 2.11. The van der Waals surface area contributed by atoms with Gasteiger partial charge in [0.05, 0.1) is 5.39 Å². The van der Waals surface area contributed by atoms with Crippen molar-refractivity contribution >= 4 is 16.9 Å². The predicted octanol–water partition coefficient (Wildman–Crippen LogP) is 1.52. The molecule has 0 radical (unpaired) electrons. The molecule has 0 bridgehead atoms. The number of fused-ring (bicyclic) bond motifs is 1. The molecular formula is C10H14N4. The molecule has 2 aromatic heterocycles. The van der Waals surface area contributed by atoms with Crippen LogP contribution in [0.5, 0.6) is 0 Å². The summed E-state index contributed by atoms with van der Waals surface area (Å²) in [4.78, 5) is 10.5. The summed E-state index contributed by atoms with van der Waals surface area (Å²) in [7, 11) is 3.98. The van der Waals surface area contributed by atoms with Crippen molar-refractivity contribution in [2.45, 2.75) is 13.5 Å². The molecule has 0 saturated heterocycles. The summed E-state index contributed by atoms with van der Waals surface area (Å²) >= 11 is 0. The Bertz CT molecular complexity index is 444. The molecule has 0 aliphatic carbocycles. The van der Waals surface area contributed by atoms with Gasteiger partial charge in [-0.15, -0.1) is 0 Å². The van der Waals surface area contributed by atoms with E-state index in [9.17, 15) is 0 Å². The molecule has 4 nitrogen and oxygen atoms in total. The van der Waals surface area contributed by atoms with Crippen LogP contribution in [0, 0.1) is 0 Å². The second kappa shape index (κ2) is 3.29. The quantitative estimate of drug-likeness (QED) is 0.720. The molecule has 2 aromatic rings. The highest BCUT2D eigenvalue weighted by Gasteiger charge is 2.07. The third kappa shape index (κ3) is 1.23. The molecular weight excluding hydrogens is 176 g/mol. The van der Waals surface area contributed by atoms with E-state index < -0.39 is 0 Å². The number of aromatic nitrogens is 3. The van der Waals surface area contributed by atoms with Crippen molar-refractivity contribution in [3.63, 3.8) is 0 Å². The second-order valence-electron chi connectivity index (χ2n) is 3.43. The van der Waals surface area contributed by atoms with Gasteiger partial charge < -0.3 is 9.47 Å². The molecule has 0 N–H and O–H groups in total. The molecule has 2 rings (SSSR count). The van der Waals surface area contributed by atoms with E-state index >= 15 is 0 Å². The van der Waals surface area contributed by atoms with Gasteiger partial charge in [-0.3, -0.25) is 0 Å². The topological polar surface area (TPSA) is 34.0 Å². The Morgan fingerprint density at radius 3 is 2.79 bits per heavy atom. The van der Waals surface area contributed by atoms with E-state index in [-0.39, 0.29) is 0 Å². The van der Waals surface area contributed by atoms with Crippen molar-refractivity contribution in [2.75, 3.05) is 19.0 Å². The van der Waals surface area contributed by atoms with Crippen LogP contribution in [0.4, 0.5) is 5.82 Å². The highest BCUT2D eigenvalue weighted by atomic mass is 15.2. The lowest BCUT2D eigenvalue weighted by atomic mass is 10.3. The number of hydrogen-bond donors (Lipinski definition) is 0. The first kappa shape index (κ1) is 8.99. The normalized spacial score (nSPS) is 10.8. The summed E-state index contributed by atoms with van der Waals surface area (Å²) in [6.45, 7) is 3.05. The fourth-order valence-corrected chi connectivity index (χ4v) is 1.60. The standard InChI is InChI=1S/C10H14N4/c1-4-14-6-5-8-9(13(2)3)11-7-12-10(8)14/h5-7H,4H2,1-3H3. The van der Waals surface area contributed by atoms with Gasteiger partial charge >= 0.3 is 0 Å². The summed E-state index contributed by atoms with van der Waals surface area (Å²) in [6, 6.07) is 2.06. The minimum atomic E-state index is 0.938. The summed E-state index contributed by atoms with van der Waals surface area (Å²) in [5.41, 5.74) is 1.01. The lowest BCUT2D eigenvalue weighted by Crippen LogP contribution is -2.11. The average Bonchev–Trinajstić information content (AvgIpc) is 2.59. The molecule has 74 valence electrons. The van der Waals surface area contributed by atoms with Crippen LogP contribution < -0.4 is 4.90 Å². The van der Waals surface area contributed by atoms with Gasteiger partial charge in [-0.1, -0.05) is 0 Å². The molecule has 0 aliphatic rings. The van der Waals surface area contributed by atoms with Gasteiger partial charge in [-0.2, -0.15) is 0 Å². The lowest BCUT2D eigenvalue weighted by Gasteiger charge is -2.11. The van der Waals surface area contributed by atoms with Gasteiger partial charge in [-0.25, -0.2) is 9.97 Å². The van der Waals surface area contributed by atoms with E-state index in [4.69, 9.17) is 0 Å². The van der Waals surface area contributed by atoms with Crippen molar-refractivity contribution in [2.24, 2.45) is 0 Å². The average molecular weight is 190 g/mol. The molecule has 0 spiro atoms. The Labute approximate surface area is 83.2 Å². The number of rotatable bonds is 2. The van der Waals surface area contributed by atoms with Gasteiger partial charge in [0.15, 0.2) is 0 Å². The Morgan fingerprint density at radius 1 is 1.36 bits per heavy atom. The molecule has 14 heavy (non-hydrogen) atoms. The number of anilines is 1. The van der Waals surface area contributed by atoms with Gasteiger partial charge in [0.1, 0.15) is 17.8 Å². The largest absolute Gasteiger partial charge is 0.362 e. The molecule has 2 heterocycles. The van der Waals surface area contributed by atoms with Crippen molar-refractivity contribution in [3.05, 3.63) is 18.6 Å². The zero-order valence-electron chi connectivity index (χ0n) is 8.73. The zero-order chi connectivity index (χ0) is 10.1. The lowest BCUT2D eigenvalue weighted by molar-refractivity contribution is 0.786. The zero-order valence-corrected chi connectivity index (χ0v) is 8.73. The van der Waals surface area contributed by atoms with Crippen LogP contribution in [0.1, 0.15) is 6.92 Å². The maximum absolute atomic E-state index is 4.28. The predicted molar refractivity (Wildman–Crippen MR) is 57.5 cm³/mol. The van der Waals surface area contributed by atoms with Gasteiger partial charge in [0.25, 0.3) is 0 Å². The van der Waals surface area contributed by atoms with Gasteiger partial charge in [0, 0.05) is 26.8 Å². The highest BCUT2D eigenvalue weighted by molar-refractivity contribution is 5.87. The number of aryl methyl sites for hydroxylation is 1. The fraction of sp³-hybridized carbons (Fsp3) is 0.400. The van der Waals surface area contributed by atoms with Crippen molar-refractivity contribution < 1.29 is 0 Å². The SMILES string of the molecule is CCn1ccc2c(N(C)C)ncnc21. The first-order valence-electron chi connectivity index (χ1n) is 4.71. The van der Waals surface area contributed by atoms with Crippen molar-refractivity contribution in [1.29, 1.82) is 0 Å². The van der Waals surface area contributed by atoms with Crippen molar-refractivity contribution in [1.82, 2.24) is 14.5 Å². The molecule has 0 saturated carbocycles. The third-order valence-electron chi connectivity index (χ3n) is 2.30. The molecule has 0 aliphatic heterocycles. The van der Waals surface area contributed by atoms with Crippen LogP contribution in [0.25, 0.3) is 11.0 Å². The summed E-state index contributed by atoms with van der Waals surface area (Å²) in [5, 5.41) is 1.11. The summed E-state index contributed by atoms with van der Waals surface area (Å²) in [5.74, 6) is 0.974. The van der Waals surface area contributed by atoms with Crippen LogP contribution in [0.3, 0.4) is 0 Å². The smallest absolute Gasteiger partial charge is 0.145 e.